The number of hydrogen-bond acceptors (Lipinski definition) is 3. The number of benzene rings is 2. The molecule has 0 aliphatic carbocycles. The van der Waals surface area contributed by atoms with Crippen molar-refractivity contribution in [3.05, 3.63) is 63.1 Å². The van der Waals surface area contributed by atoms with E-state index in [-0.39, 0.29) is 6.04 Å². The monoisotopic (exact) mass is 339 g/mol. The second-order valence-corrected chi connectivity index (χ2v) is 5.93. The first kappa shape index (κ1) is 14.5. The lowest BCUT2D eigenvalue weighted by Crippen LogP contribution is -2.36. The topological polar surface area (TPSA) is 41.6 Å². The molecule has 0 fully saturated rings. The van der Waals surface area contributed by atoms with Gasteiger partial charge in [0.25, 0.3) is 0 Å². The summed E-state index contributed by atoms with van der Waals surface area (Å²) in [6, 6.07) is 13.0. The molecule has 0 aromatic heterocycles. The molecule has 1 aliphatic rings. The molecular weight excluding hydrogens is 329 g/mol. The summed E-state index contributed by atoms with van der Waals surface area (Å²) < 4.78 is 0. The van der Waals surface area contributed by atoms with Gasteiger partial charge in [0, 0.05) is 0 Å². The van der Waals surface area contributed by atoms with Crippen molar-refractivity contribution in [2.75, 3.05) is 11.4 Å². The molecule has 0 bridgehead atoms. The summed E-state index contributed by atoms with van der Waals surface area (Å²) in [6.45, 7) is 0.551. The van der Waals surface area contributed by atoms with Crippen LogP contribution in [-0.2, 0) is 0 Å². The zero-order valence-corrected chi connectivity index (χ0v) is 13.2. The van der Waals surface area contributed by atoms with E-state index in [1.807, 2.05) is 41.3 Å². The van der Waals surface area contributed by atoms with Gasteiger partial charge in [0.15, 0.2) is 5.96 Å². The molecule has 2 aromatic rings. The van der Waals surface area contributed by atoms with Crippen molar-refractivity contribution in [2.24, 2.45) is 10.7 Å². The quantitative estimate of drug-likeness (QED) is 0.873. The Morgan fingerprint density at radius 1 is 1.00 bits per heavy atom. The average Bonchev–Trinajstić information content (AvgIpc) is 2.84. The van der Waals surface area contributed by atoms with Crippen LogP contribution in [0.1, 0.15) is 11.6 Å². The van der Waals surface area contributed by atoms with E-state index in [1.165, 1.54) is 0 Å². The van der Waals surface area contributed by atoms with Crippen molar-refractivity contribution >= 4 is 46.4 Å². The zero-order chi connectivity index (χ0) is 15.0. The van der Waals surface area contributed by atoms with Gasteiger partial charge >= 0.3 is 0 Å². The van der Waals surface area contributed by atoms with Crippen LogP contribution in [0.5, 0.6) is 0 Å². The van der Waals surface area contributed by atoms with Gasteiger partial charge < -0.3 is 10.6 Å². The Balaban J connectivity index is 2.03. The van der Waals surface area contributed by atoms with Crippen molar-refractivity contribution in [3.63, 3.8) is 0 Å². The third-order valence-electron chi connectivity index (χ3n) is 3.43. The number of nitrogens with zero attached hydrogens (tertiary/aromatic N) is 2. The van der Waals surface area contributed by atoms with Crippen LogP contribution >= 0.6 is 34.8 Å². The second kappa shape index (κ2) is 5.76. The summed E-state index contributed by atoms with van der Waals surface area (Å²) in [4.78, 5) is 6.25. The minimum absolute atomic E-state index is 0.0420. The molecule has 0 radical (unpaired) electrons. The van der Waals surface area contributed by atoms with Crippen LogP contribution in [0, 0.1) is 0 Å². The van der Waals surface area contributed by atoms with E-state index in [1.54, 1.807) is 6.07 Å². The van der Waals surface area contributed by atoms with Crippen molar-refractivity contribution in [1.29, 1.82) is 0 Å². The smallest absolute Gasteiger partial charge is 0.196 e. The Kier molecular flexibility index (Phi) is 3.98. The number of rotatable bonds is 2. The number of halogens is 3. The Labute approximate surface area is 137 Å². The number of nitrogens with two attached hydrogens (primary N) is 1. The fraction of sp³-hybridized carbons (Fsp3) is 0.133. The van der Waals surface area contributed by atoms with Crippen molar-refractivity contribution in [3.8, 4) is 0 Å². The number of aliphatic imine (C=N–C) groups is 1. The second-order valence-electron chi connectivity index (χ2n) is 4.71. The van der Waals surface area contributed by atoms with Gasteiger partial charge in [-0.15, -0.1) is 0 Å². The number of anilines is 1. The maximum atomic E-state index is 6.28. The standard InChI is InChI=1S/C15H12Cl3N3/c16-10-6-5-9(7-12(10)18)14-8-20-15(19)21(14)13-4-2-1-3-11(13)17/h1-7,14H,8H2,(H2,19,20). The number of hydrogen-bond donors (Lipinski definition) is 1. The highest BCUT2D eigenvalue weighted by Crippen LogP contribution is 2.36. The van der Waals surface area contributed by atoms with E-state index in [4.69, 9.17) is 40.5 Å². The van der Waals surface area contributed by atoms with E-state index in [9.17, 15) is 0 Å². The fourth-order valence-electron chi connectivity index (χ4n) is 2.41. The van der Waals surface area contributed by atoms with Crippen molar-refractivity contribution in [2.45, 2.75) is 6.04 Å². The molecule has 3 rings (SSSR count). The van der Waals surface area contributed by atoms with Crippen LogP contribution in [0.25, 0.3) is 0 Å². The average molecular weight is 341 g/mol. The first-order valence-electron chi connectivity index (χ1n) is 6.36. The first-order chi connectivity index (χ1) is 10.1. The molecule has 21 heavy (non-hydrogen) atoms. The van der Waals surface area contributed by atoms with Gasteiger partial charge in [-0.05, 0) is 29.8 Å². The van der Waals surface area contributed by atoms with Crippen LogP contribution in [0.4, 0.5) is 5.69 Å². The summed E-state index contributed by atoms with van der Waals surface area (Å²) in [5.74, 6) is 0.444. The van der Waals surface area contributed by atoms with E-state index in [0.717, 1.165) is 11.3 Å². The molecule has 2 aromatic carbocycles. The van der Waals surface area contributed by atoms with E-state index in [0.29, 0.717) is 27.6 Å². The Morgan fingerprint density at radius 3 is 2.48 bits per heavy atom. The molecule has 0 saturated heterocycles. The third kappa shape index (κ3) is 2.69. The van der Waals surface area contributed by atoms with Crippen LogP contribution in [0.2, 0.25) is 15.1 Å². The molecule has 1 unspecified atom stereocenters. The minimum Gasteiger partial charge on any atom is -0.369 e. The predicted octanol–water partition coefficient (Wildman–Crippen LogP) is 4.52. The molecule has 1 aliphatic heterocycles. The summed E-state index contributed by atoms with van der Waals surface area (Å²) in [6.07, 6.45) is 0. The summed E-state index contributed by atoms with van der Waals surface area (Å²) >= 11 is 18.4. The van der Waals surface area contributed by atoms with Crippen LogP contribution < -0.4 is 10.6 Å². The number of guanidine groups is 1. The highest BCUT2D eigenvalue weighted by atomic mass is 35.5. The maximum Gasteiger partial charge on any atom is 0.196 e. The Hall–Kier alpha value is -1.42. The maximum absolute atomic E-state index is 6.28. The van der Waals surface area contributed by atoms with Gasteiger partial charge in [-0.3, -0.25) is 4.99 Å². The highest BCUT2D eigenvalue weighted by Gasteiger charge is 2.30. The SMILES string of the molecule is NC1=NCC(c2ccc(Cl)c(Cl)c2)N1c1ccccc1Cl. The van der Waals surface area contributed by atoms with Crippen LogP contribution in [0.3, 0.4) is 0 Å². The largest absolute Gasteiger partial charge is 0.369 e. The van der Waals surface area contributed by atoms with Gasteiger partial charge in [0.1, 0.15) is 0 Å². The van der Waals surface area contributed by atoms with Gasteiger partial charge in [-0.2, -0.15) is 0 Å². The van der Waals surface area contributed by atoms with Crippen LogP contribution in [0.15, 0.2) is 47.5 Å². The fourth-order valence-corrected chi connectivity index (χ4v) is 2.94. The van der Waals surface area contributed by atoms with E-state index < -0.39 is 0 Å². The molecule has 1 heterocycles. The lowest BCUT2D eigenvalue weighted by Gasteiger charge is -2.27. The zero-order valence-electron chi connectivity index (χ0n) is 10.9. The summed E-state index contributed by atoms with van der Waals surface area (Å²) in [5.41, 5.74) is 7.86. The highest BCUT2D eigenvalue weighted by molar-refractivity contribution is 6.42. The van der Waals surface area contributed by atoms with Gasteiger partial charge in [0.05, 0.1) is 33.3 Å². The molecule has 0 amide bonds. The van der Waals surface area contributed by atoms with Gasteiger partial charge in [-0.25, -0.2) is 0 Å². The van der Waals surface area contributed by atoms with Gasteiger partial charge in [0.2, 0.25) is 0 Å². The van der Waals surface area contributed by atoms with Crippen molar-refractivity contribution < 1.29 is 0 Å². The Bertz CT molecular complexity index is 715. The summed E-state index contributed by atoms with van der Waals surface area (Å²) in [7, 11) is 0. The lowest BCUT2D eigenvalue weighted by molar-refractivity contribution is 0.769. The normalized spacial score (nSPS) is 18.0. The molecule has 3 nitrogen and oxygen atoms in total. The molecule has 0 spiro atoms. The summed E-state index contributed by atoms with van der Waals surface area (Å²) in [5, 5.41) is 1.66. The predicted molar refractivity (Wildman–Crippen MR) is 89.6 cm³/mol. The van der Waals surface area contributed by atoms with E-state index in [2.05, 4.69) is 4.99 Å². The minimum atomic E-state index is -0.0420. The Morgan fingerprint density at radius 2 is 1.76 bits per heavy atom. The molecule has 0 saturated carbocycles. The first-order valence-corrected chi connectivity index (χ1v) is 7.50. The van der Waals surface area contributed by atoms with Crippen LogP contribution in [-0.4, -0.2) is 12.5 Å². The number of para-hydroxylation sites is 1. The molecular formula is C15H12Cl3N3. The van der Waals surface area contributed by atoms with Crippen molar-refractivity contribution in [1.82, 2.24) is 0 Å². The van der Waals surface area contributed by atoms with E-state index >= 15 is 0 Å². The van der Waals surface area contributed by atoms with Gasteiger partial charge in [-0.1, -0.05) is 53.0 Å². The molecule has 6 heteroatoms. The molecule has 2 N–H and O–H groups in total. The molecule has 108 valence electrons. The lowest BCUT2D eigenvalue weighted by atomic mass is 10.1. The molecule has 1 atom stereocenters. The third-order valence-corrected chi connectivity index (χ3v) is 4.48.